The molecule has 0 bridgehead atoms. The number of ether oxygens (including phenoxy) is 1. The van der Waals surface area contributed by atoms with Gasteiger partial charge in [0.25, 0.3) is 0 Å². The highest BCUT2D eigenvalue weighted by atomic mass is 32.1. The van der Waals surface area contributed by atoms with Crippen molar-refractivity contribution in [1.29, 1.82) is 0 Å². The Hall–Kier alpha value is -2.35. The van der Waals surface area contributed by atoms with Gasteiger partial charge in [-0.25, -0.2) is 9.97 Å². The van der Waals surface area contributed by atoms with Crippen molar-refractivity contribution in [2.24, 2.45) is 0 Å². The number of aromatic nitrogens is 2. The van der Waals surface area contributed by atoms with Crippen molar-refractivity contribution in [3.63, 3.8) is 0 Å². The van der Waals surface area contributed by atoms with E-state index in [-0.39, 0.29) is 11.7 Å². The van der Waals surface area contributed by atoms with Crippen molar-refractivity contribution in [3.05, 3.63) is 35.7 Å². The minimum Gasteiger partial charge on any atom is -0.406 e. The molecular weight excluding hydrogens is 303 g/mol. The molecule has 0 atom stereocenters. The van der Waals surface area contributed by atoms with E-state index < -0.39 is 6.36 Å². The lowest BCUT2D eigenvalue weighted by atomic mass is 10.1. The SMILES string of the molecule is Nc1nc(-c2ccc(OC(F)(F)F)cc2)c2ccsc2n1. The van der Waals surface area contributed by atoms with Gasteiger partial charge in [0, 0.05) is 10.9 Å². The smallest absolute Gasteiger partial charge is 0.406 e. The normalized spacial score (nSPS) is 11.8. The van der Waals surface area contributed by atoms with Gasteiger partial charge in [-0.1, -0.05) is 0 Å². The maximum atomic E-state index is 12.1. The largest absolute Gasteiger partial charge is 0.573 e. The van der Waals surface area contributed by atoms with Crippen LogP contribution in [0.4, 0.5) is 19.1 Å². The first kappa shape index (κ1) is 13.6. The summed E-state index contributed by atoms with van der Waals surface area (Å²) >= 11 is 1.42. The molecule has 0 aliphatic rings. The van der Waals surface area contributed by atoms with Gasteiger partial charge < -0.3 is 10.5 Å². The average molecular weight is 311 g/mol. The van der Waals surface area contributed by atoms with Crippen LogP contribution in [-0.4, -0.2) is 16.3 Å². The summed E-state index contributed by atoms with van der Waals surface area (Å²) in [4.78, 5) is 8.99. The molecule has 2 heterocycles. The Morgan fingerprint density at radius 3 is 2.43 bits per heavy atom. The summed E-state index contributed by atoms with van der Waals surface area (Å²) in [7, 11) is 0. The number of nitrogens with zero attached hydrogens (tertiary/aromatic N) is 2. The van der Waals surface area contributed by atoms with Gasteiger partial charge in [-0.2, -0.15) is 0 Å². The van der Waals surface area contributed by atoms with Crippen LogP contribution in [0, 0.1) is 0 Å². The number of nitrogens with two attached hydrogens (primary N) is 1. The monoisotopic (exact) mass is 311 g/mol. The van der Waals surface area contributed by atoms with Gasteiger partial charge in [-0.3, -0.25) is 0 Å². The predicted octanol–water partition coefficient (Wildman–Crippen LogP) is 3.84. The number of rotatable bonds is 2. The van der Waals surface area contributed by atoms with Crippen molar-refractivity contribution >= 4 is 27.5 Å². The Morgan fingerprint density at radius 1 is 1.05 bits per heavy atom. The van der Waals surface area contributed by atoms with Gasteiger partial charge in [0.2, 0.25) is 5.95 Å². The van der Waals surface area contributed by atoms with Crippen LogP contribution < -0.4 is 10.5 Å². The highest BCUT2D eigenvalue weighted by Gasteiger charge is 2.31. The maximum Gasteiger partial charge on any atom is 0.573 e. The van der Waals surface area contributed by atoms with Crippen LogP contribution >= 0.6 is 11.3 Å². The number of hydrogen-bond donors (Lipinski definition) is 1. The Labute approximate surface area is 121 Å². The third-order valence-electron chi connectivity index (χ3n) is 2.70. The van der Waals surface area contributed by atoms with Crippen LogP contribution in [0.3, 0.4) is 0 Å². The van der Waals surface area contributed by atoms with Gasteiger partial charge in [-0.15, -0.1) is 24.5 Å². The molecule has 3 rings (SSSR count). The van der Waals surface area contributed by atoms with Crippen LogP contribution in [0.5, 0.6) is 5.75 Å². The zero-order chi connectivity index (χ0) is 15.0. The number of nitrogen functional groups attached to an aromatic ring is 1. The Bertz CT molecular complexity index is 783. The molecule has 2 N–H and O–H groups in total. The molecule has 0 saturated carbocycles. The summed E-state index contributed by atoms with van der Waals surface area (Å²) < 4.78 is 40.2. The van der Waals surface area contributed by atoms with E-state index in [0.717, 1.165) is 10.2 Å². The van der Waals surface area contributed by atoms with E-state index in [2.05, 4.69) is 14.7 Å². The van der Waals surface area contributed by atoms with E-state index >= 15 is 0 Å². The fourth-order valence-electron chi connectivity index (χ4n) is 1.91. The number of hydrogen-bond acceptors (Lipinski definition) is 5. The summed E-state index contributed by atoms with van der Waals surface area (Å²) in [5.41, 5.74) is 6.87. The molecule has 0 saturated heterocycles. The highest BCUT2D eigenvalue weighted by molar-refractivity contribution is 7.16. The van der Waals surface area contributed by atoms with Crippen LogP contribution in [-0.2, 0) is 0 Å². The van der Waals surface area contributed by atoms with E-state index in [1.807, 2.05) is 11.4 Å². The van der Waals surface area contributed by atoms with Crippen LogP contribution in [0.1, 0.15) is 0 Å². The number of fused-ring (bicyclic) bond motifs is 1. The fraction of sp³-hybridized carbons (Fsp3) is 0.0769. The zero-order valence-electron chi connectivity index (χ0n) is 10.4. The molecule has 8 heteroatoms. The van der Waals surface area contributed by atoms with Crippen LogP contribution in [0.2, 0.25) is 0 Å². The third kappa shape index (κ3) is 2.89. The predicted molar refractivity (Wildman–Crippen MR) is 73.9 cm³/mol. The fourth-order valence-corrected chi connectivity index (χ4v) is 2.68. The molecular formula is C13H8F3N3OS. The van der Waals surface area contributed by atoms with E-state index in [9.17, 15) is 13.2 Å². The number of thiophene rings is 1. The van der Waals surface area contributed by atoms with Crippen molar-refractivity contribution in [3.8, 4) is 17.0 Å². The molecule has 0 aliphatic carbocycles. The van der Waals surface area contributed by atoms with Gasteiger partial charge >= 0.3 is 6.36 Å². The van der Waals surface area contributed by atoms with Crippen LogP contribution in [0.15, 0.2) is 35.7 Å². The number of halogens is 3. The van der Waals surface area contributed by atoms with E-state index in [1.165, 1.54) is 35.6 Å². The van der Waals surface area contributed by atoms with E-state index in [1.54, 1.807) is 0 Å². The molecule has 0 amide bonds. The van der Waals surface area contributed by atoms with Gasteiger partial charge in [-0.05, 0) is 35.7 Å². The topological polar surface area (TPSA) is 61.0 Å². The molecule has 0 spiro atoms. The van der Waals surface area contributed by atoms with Gasteiger partial charge in [0.05, 0.1) is 5.69 Å². The first-order chi connectivity index (χ1) is 9.92. The first-order valence-corrected chi connectivity index (χ1v) is 6.67. The Morgan fingerprint density at radius 2 is 1.76 bits per heavy atom. The Balaban J connectivity index is 2.01. The number of alkyl halides is 3. The molecule has 21 heavy (non-hydrogen) atoms. The molecule has 108 valence electrons. The summed E-state index contributed by atoms with van der Waals surface area (Å²) in [6.45, 7) is 0. The standard InChI is InChI=1S/C13H8F3N3OS/c14-13(15,16)20-8-3-1-7(2-4-8)10-9-5-6-21-11(9)19-12(17)18-10/h1-6H,(H2,17,18,19). The zero-order valence-corrected chi connectivity index (χ0v) is 11.2. The van der Waals surface area contributed by atoms with Gasteiger partial charge in [0.15, 0.2) is 0 Å². The van der Waals surface area contributed by atoms with Crippen molar-refractivity contribution < 1.29 is 17.9 Å². The molecule has 0 radical (unpaired) electrons. The summed E-state index contributed by atoms with van der Waals surface area (Å²) in [6.07, 6.45) is -4.71. The molecule has 2 aromatic heterocycles. The van der Waals surface area contributed by atoms with E-state index in [0.29, 0.717) is 11.3 Å². The lowest BCUT2D eigenvalue weighted by Crippen LogP contribution is -2.16. The van der Waals surface area contributed by atoms with Crippen molar-refractivity contribution in [2.45, 2.75) is 6.36 Å². The average Bonchev–Trinajstić information content (AvgIpc) is 2.85. The van der Waals surface area contributed by atoms with Crippen LogP contribution in [0.25, 0.3) is 21.5 Å². The molecule has 0 unspecified atom stereocenters. The van der Waals surface area contributed by atoms with E-state index in [4.69, 9.17) is 5.73 Å². The lowest BCUT2D eigenvalue weighted by Gasteiger charge is -2.09. The maximum absolute atomic E-state index is 12.1. The number of anilines is 1. The molecule has 1 aromatic carbocycles. The quantitative estimate of drug-likeness (QED) is 0.781. The highest BCUT2D eigenvalue weighted by Crippen LogP contribution is 2.31. The van der Waals surface area contributed by atoms with Crippen molar-refractivity contribution in [1.82, 2.24) is 9.97 Å². The molecule has 0 aliphatic heterocycles. The summed E-state index contributed by atoms with van der Waals surface area (Å²) in [5, 5.41) is 2.65. The first-order valence-electron chi connectivity index (χ1n) is 5.79. The summed E-state index contributed by atoms with van der Waals surface area (Å²) in [6, 6.07) is 7.31. The molecule has 0 fully saturated rings. The minimum atomic E-state index is -4.71. The minimum absolute atomic E-state index is 0.121. The number of benzene rings is 1. The second-order valence-electron chi connectivity index (χ2n) is 4.14. The van der Waals surface area contributed by atoms with Gasteiger partial charge in [0.1, 0.15) is 10.6 Å². The summed E-state index contributed by atoms with van der Waals surface area (Å²) in [5.74, 6) is -0.162. The molecule has 4 nitrogen and oxygen atoms in total. The van der Waals surface area contributed by atoms with Crippen molar-refractivity contribution in [2.75, 3.05) is 5.73 Å². The Kier molecular flexibility index (Phi) is 3.17. The molecule has 3 aromatic rings. The third-order valence-corrected chi connectivity index (χ3v) is 3.51. The second kappa shape index (κ2) is 4.88. The second-order valence-corrected chi connectivity index (χ2v) is 5.04. The lowest BCUT2D eigenvalue weighted by molar-refractivity contribution is -0.274.